The van der Waals surface area contributed by atoms with Crippen LogP contribution in [0.15, 0.2) is 119 Å². The van der Waals surface area contributed by atoms with Gasteiger partial charge in [-0.1, -0.05) is 60.7 Å². The molecule has 2 aliphatic rings. The van der Waals surface area contributed by atoms with Gasteiger partial charge in [-0.05, 0) is 83.6 Å². The molecule has 0 amide bonds. The van der Waals surface area contributed by atoms with Crippen LogP contribution in [0, 0.1) is 0 Å². The van der Waals surface area contributed by atoms with Gasteiger partial charge in [0.05, 0.1) is 18.5 Å². The maximum atomic E-state index is 10.9. The number of methoxy groups -OCH3 is 1. The van der Waals surface area contributed by atoms with E-state index in [0.29, 0.717) is 11.6 Å². The Kier molecular flexibility index (Phi) is 7.12. The molecule has 0 atom stereocenters. The van der Waals surface area contributed by atoms with E-state index in [1.807, 2.05) is 48.5 Å². The normalized spacial score (nSPS) is 14.4. The molecule has 7 heteroatoms. The van der Waals surface area contributed by atoms with Crippen LogP contribution in [-0.2, 0) is 17.6 Å². The number of carboxylic acid groups (broad SMARTS) is 1. The molecular weight excluding hydrogens is 550 g/mol. The zero-order valence-corrected chi connectivity index (χ0v) is 24.1. The molecule has 0 unspecified atom stereocenters. The van der Waals surface area contributed by atoms with E-state index in [-0.39, 0.29) is 0 Å². The molecule has 0 saturated heterocycles. The number of ether oxygens (including phenoxy) is 2. The highest BCUT2D eigenvalue weighted by molar-refractivity contribution is 6.38. The second kappa shape index (κ2) is 11.5. The summed E-state index contributed by atoms with van der Waals surface area (Å²) < 4.78 is 10.8. The lowest BCUT2D eigenvalue weighted by atomic mass is 9.87. The summed E-state index contributed by atoms with van der Waals surface area (Å²) in [6, 6.07) is 34.0. The van der Waals surface area contributed by atoms with Crippen LogP contribution in [-0.4, -0.2) is 41.3 Å². The fraction of sp³-hybridized carbons (Fsp3) is 0.108. The first-order chi connectivity index (χ1) is 21.6. The summed E-state index contributed by atoms with van der Waals surface area (Å²) in [5, 5.41) is 8.93. The van der Waals surface area contributed by atoms with Crippen molar-refractivity contribution in [3.63, 3.8) is 0 Å². The van der Waals surface area contributed by atoms with Crippen molar-refractivity contribution in [3.05, 3.63) is 131 Å². The second-order valence-corrected chi connectivity index (χ2v) is 10.7. The van der Waals surface area contributed by atoms with Gasteiger partial charge in [0.1, 0.15) is 17.3 Å². The number of benzene rings is 4. The van der Waals surface area contributed by atoms with Crippen molar-refractivity contribution < 1.29 is 19.4 Å². The summed E-state index contributed by atoms with van der Waals surface area (Å²) in [5.74, 6) is 1.70. The smallest absolute Gasteiger partial charge is 0.341 e. The van der Waals surface area contributed by atoms with E-state index in [2.05, 4.69) is 53.5 Å². The first-order valence-corrected chi connectivity index (χ1v) is 14.4. The second-order valence-electron chi connectivity index (χ2n) is 10.7. The Morgan fingerprint density at radius 3 is 2.27 bits per heavy atom. The van der Waals surface area contributed by atoms with Crippen LogP contribution in [0.25, 0.3) is 28.0 Å². The predicted molar refractivity (Wildman–Crippen MR) is 173 cm³/mol. The van der Waals surface area contributed by atoms with Gasteiger partial charge in [-0.25, -0.2) is 14.8 Å². The molecule has 1 aliphatic carbocycles. The Hall–Kier alpha value is -5.69. The molecule has 0 fully saturated rings. The van der Waals surface area contributed by atoms with E-state index in [4.69, 9.17) is 24.6 Å². The van der Waals surface area contributed by atoms with Crippen molar-refractivity contribution in [2.45, 2.75) is 12.8 Å². The lowest BCUT2D eigenvalue weighted by Crippen LogP contribution is -2.09. The molecule has 0 spiro atoms. The van der Waals surface area contributed by atoms with Gasteiger partial charge in [0.2, 0.25) is 0 Å². The largest absolute Gasteiger partial charge is 0.497 e. The number of amidine groups is 1. The SMILES string of the molecule is COc1ccc2c(c1)CCc1c-2[nH]c(N=C2N=C(c3ccc(OCC(=O)O)cc3)C=C2c2ccccc2)c1-c1ccccc1. The maximum Gasteiger partial charge on any atom is 0.341 e. The minimum Gasteiger partial charge on any atom is -0.497 e. The van der Waals surface area contributed by atoms with Crippen LogP contribution >= 0.6 is 0 Å². The molecule has 216 valence electrons. The Bertz CT molecular complexity index is 1950. The minimum atomic E-state index is -1.02. The quantitative estimate of drug-likeness (QED) is 0.199. The van der Waals surface area contributed by atoms with Crippen molar-refractivity contribution in [2.24, 2.45) is 9.98 Å². The number of aliphatic carboxylic acids is 1. The van der Waals surface area contributed by atoms with Gasteiger partial charge in [0, 0.05) is 22.3 Å². The summed E-state index contributed by atoms with van der Waals surface area (Å²) in [6.45, 7) is -0.392. The first-order valence-electron chi connectivity index (χ1n) is 14.4. The third-order valence-electron chi connectivity index (χ3n) is 7.94. The Labute approximate surface area is 254 Å². The summed E-state index contributed by atoms with van der Waals surface area (Å²) >= 11 is 0. The zero-order chi connectivity index (χ0) is 30.0. The van der Waals surface area contributed by atoms with Crippen LogP contribution in [0.1, 0.15) is 22.3 Å². The van der Waals surface area contributed by atoms with Crippen molar-refractivity contribution in [1.29, 1.82) is 0 Å². The topological polar surface area (TPSA) is 96.3 Å². The van der Waals surface area contributed by atoms with Crippen LogP contribution in [0.3, 0.4) is 0 Å². The van der Waals surface area contributed by atoms with Crippen LogP contribution in [0.4, 0.5) is 5.82 Å². The van der Waals surface area contributed by atoms with Gasteiger partial charge in [0.15, 0.2) is 12.4 Å². The molecule has 1 aliphatic heterocycles. The van der Waals surface area contributed by atoms with Crippen molar-refractivity contribution in [2.75, 3.05) is 13.7 Å². The number of allylic oxidation sites excluding steroid dienone is 1. The number of hydrogen-bond acceptors (Lipinski definition) is 4. The van der Waals surface area contributed by atoms with E-state index in [1.165, 1.54) is 11.1 Å². The third kappa shape index (κ3) is 5.20. The minimum absolute atomic E-state index is 0.392. The number of carbonyl (C=O) groups is 1. The molecule has 1 aromatic heterocycles. The van der Waals surface area contributed by atoms with Crippen molar-refractivity contribution in [1.82, 2.24) is 4.98 Å². The molecule has 7 nitrogen and oxygen atoms in total. The molecule has 7 rings (SSSR count). The van der Waals surface area contributed by atoms with E-state index in [1.54, 1.807) is 19.2 Å². The first kappa shape index (κ1) is 27.2. The average molecular weight is 580 g/mol. The van der Waals surface area contributed by atoms with Gasteiger partial charge >= 0.3 is 5.97 Å². The molecule has 0 saturated carbocycles. The molecule has 44 heavy (non-hydrogen) atoms. The number of aliphatic imine (C=N–C) groups is 2. The predicted octanol–water partition coefficient (Wildman–Crippen LogP) is 7.54. The molecule has 0 bridgehead atoms. The number of fused-ring (bicyclic) bond motifs is 3. The van der Waals surface area contributed by atoms with Gasteiger partial charge in [-0.2, -0.15) is 0 Å². The number of hydrogen-bond donors (Lipinski definition) is 2. The van der Waals surface area contributed by atoms with Crippen molar-refractivity contribution >= 4 is 28.9 Å². The van der Waals surface area contributed by atoms with Gasteiger partial charge < -0.3 is 19.6 Å². The summed E-state index contributed by atoms with van der Waals surface area (Å²) in [4.78, 5) is 24.9. The number of nitrogens with one attached hydrogen (secondary N) is 1. The Morgan fingerprint density at radius 1 is 0.864 bits per heavy atom. The molecule has 2 heterocycles. The van der Waals surface area contributed by atoms with E-state index in [0.717, 1.165) is 69.2 Å². The fourth-order valence-electron chi connectivity index (χ4n) is 5.86. The van der Waals surface area contributed by atoms with Crippen LogP contribution in [0.2, 0.25) is 0 Å². The number of aromatic nitrogens is 1. The lowest BCUT2D eigenvalue weighted by molar-refractivity contribution is -0.139. The van der Waals surface area contributed by atoms with Gasteiger partial charge in [-0.3, -0.25) is 0 Å². The molecular formula is C37H29N3O4. The number of aryl methyl sites for hydroxylation is 1. The number of carboxylic acids is 1. The summed E-state index contributed by atoms with van der Waals surface area (Å²) in [6.07, 6.45) is 3.85. The maximum absolute atomic E-state index is 10.9. The number of nitrogens with zero attached hydrogens (tertiary/aromatic N) is 2. The third-order valence-corrected chi connectivity index (χ3v) is 7.94. The number of rotatable bonds is 8. The lowest BCUT2D eigenvalue weighted by Gasteiger charge is -2.18. The molecule has 0 radical (unpaired) electrons. The van der Waals surface area contributed by atoms with E-state index >= 15 is 0 Å². The highest BCUT2D eigenvalue weighted by Gasteiger charge is 2.27. The number of H-pyrrole nitrogens is 1. The monoisotopic (exact) mass is 579 g/mol. The van der Waals surface area contributed by atoms with Crippen molar-refractivity contribution in [3.8, 4) is 33.9 Å². The standard InChI is InChI=1S/C37H29N3O4/c1-43-28-17-19-29-26(20-28)14-18-30-34(25-10-6-3-7-11-25)37(39-35(29)30)40-36-31(23-8-4-2-5-9-23)21-32(38-36)24-12-15-27(16-13-24)44-22-33(41)42/h2-13,15-17,19-21,39H,14,18,22H2,1H3,(H,41,42). The molecule has 5 aromatic rings. The average Bonchev–Trinajstić information content (AvgIpc) is 3.66. The van der Waals surface area contributed by atoms with E-state index < -0.39 is 12.6 Å². The molecule has 4 aromatic carbocycles. The van der Waals surface area contributed by atoms with Gasteiger partial charge in [-0.15, -0.1) is 0 Å². The number of aromatic amines is 1. The summed E-state index contributed by atoms with van der Waals surface area (Å²) in [5.41, 5.74) is 10.5. The Balaban J connectivity index is 1.35. The molecule has 2 N–H and O–H groups in total. The van der Waals surface area contributed by atoms with Crippen LogP contribution in [0.5, 0.6) is 11.5 Å². The van der Waals surface area contributed by atoms with Crippen LogP contribution < -0.4 is 9.47 Å². The highest BCUT2D eigenvalue weighted by atomic mass is 16.5. The summed E-state index contributed by atoms with van der Waals surface area (Å²) in [7, 11) is 1.70. The van der Waals surface area contributed by atoms with E-state index in [9.17, 15) is 4.79 Å². The highest BCUT2D eigenvalue weighted by Crippen LogP contribution is 2.45. The fourth-order valence-corrected chi connectivity index (χ4v) is 5.86. The Morgan fingerprint density at radius 2 is 1.57 bits per heavy atom. The zero-order valence-electron chi connectivity index (χ0n) is 24.1. The van der Waals surface area contributed by atoms with Gasteiger partial charge in [0.25, 0.3) is 0 Å².